The zero-order chi connectivity index (χ0) is 20.4. The summed E-state index contributed by atoms with van der Waals surface area (Å²) in [6, 6.07) is 6.88. The SMILES string of the molecule is CCCc1nc2c(c(=O)[nH]1)CN(Cc1ccc(-c3cc(F)ccc3F)nc1)CC2. The van der Waals surface area contributed by atoms with Crippen molar-refractivity contribution in [1.82, 2.24) is 19.9 Å². The average molecular weight is 396 g/mol. The summed E-state index contributed by atoms with van der Waals surface area (Å²) in [4.78, 5) is 26.4. The highest BCUT2D eigenvalue weighted by Gasteiger charge is 2.21. The number of aromatic nitrogens is 3. The Morgan fingerprint density at radius 2 is 2.07 bits per heavy atom. The summed E-state index contributed by atoms with van der Waals surface area (Å²) >= 11 is 0. The van der Waals surface area contributed by atoms with Gasteiger partial charge in [-0.2, -0.15) is 0 Å². The summed E-state index contributed by atoms with van der Waals surface area (Å²) in [5.41, 5.74) is 3.04. The van der Waals surface area contributed by atoms with Crippen molar-refractivity contribution in [3.63, 3.8) is 0 Å². The highest BCUT2D eigenvalue weighted by atomic mass is 19.1. The fourth-order valence-corrected chi connectivity index (χ4v) is 3.65. The third kappa shape index (κ3) is 4.24. The topological polar surface area (TPSA) is 61.9 Å². The number of hydrogen-bond donors (Lipinski definition) is 1. The molecule has 29 heavy (non-hydrogen) atoms. The zero-order valence-corrected chi connectivity index (χ0v) is 16.2. The second-order valence-corrected chi connectivity index (χ2v) is 7.32. The molecule has 5 nitrogen and oxygen atoms in total. The number of hydrogen-bond acceptors (Lipinski definition) is 4. The Labute approximate surface area is 167 Å². The molecule has 0 aliphatic carbocycles. The lowest BCUT2D eigenvalue weighted by molar-refractivity contribution is 0.241. The lowest BCUT2D eigenvalue weighted by atomic mass is 10.1. The van der Waals surface area contributed by atoms with Crippen LogP contribution in [0, 0.1) is 11.6 Å². The number of benzene rings is 1. The molecule has 0 amide bonds. The van der Waals surface area contributed by atoms with E-state index >= 15 is 0 Å². The van der Waals surface area contributed by atoms with Crippen molar-refractivity contribution in [1.29, 1.82) is 0 Å². The first-order chi connectivity index (χ1) is 14.0. The summed E-state index contributed by atoms with van der Waals surface area (Å²) in [7, 11) is 0. The molecule has 1 N–H and O–H groups in total. The first kappa shape index (κ1) is 19.4. The molecule has 3 heterocycles. The molecule has 0 radical (unpaired) electrons. The van der Waals surface area contributed by atoms with Gasteiger partial charge in [0.2, 0.25) is 0 Å². The standard InChI is InChI=1S/C22H22F2N4O/c1-2-3-21-26-20-8-9-28(13-17(20)22(29)27-21)12-14-4-7-19(25-11-14)16-10-15(23)5-6-18(16)24/h4-7,10-11H,2-3,8-9,12-13H2,1H3,(H,26,27,29). The van der Waals surface area contributed by atoms with Crippen LogP contribution in [-0.4, -0.2) is 26.4 Å². The smallest absolute Gasteiger partial charge is 0.255 e. The molecule has 150 valence electrons. The van der Waals surface area contributed by atoms with E-state index in [2.05, 4.69) is 26.8 Å². The fourth-order valence-electron chi connectivity index (χ4n) is 3.65. The molecule has 0 spiro atoms. The highest BCUT2D eigenvalue weighted by Crippen LogP contribution is 2.23. The van der Waals surface area contributed by atoms with E-state index < -0.39 is 11.6 Å². The van der Waals surface area contributed by atoms with Gasteiger partial charge in [-0.25, -0.2) is 13.8 Å². The van der Waals surface area contributed by atoms with Crippen LogP contribution in [0.1, 0.15) is 36.0 Å². The Morgan fingerprint density at radius 1 is 1.21 bits per heavy atom. The van der Waals surface area contributed by atoms with Crippen LogP contribution in [0.4, 0.5) is 8.78 Å². The maximum absolute atomic E-state index is 13.9. The molecule has 4 rings (SSSR count). The van der Waals surface area contributed by atoms with Gasteiger partial charge in [-0.1, -0.05) is 13.0 Å². The molecular formula is C22H22F2N4O. The molecule has 0 atom stereocenters. The van der Waals surface area contributed by atoms with Crippen molar-refractivity contribution < 1.29 is 8.78 Å². The predicted octanol–water partition coefficient (Wildman–Crippen LogP) is 3.62. The van der Waals surface area contributed by atoms with Crippen LogP contribution in [0.3, 0.4) is 0 Å². The van der Waals surface area contributed by atoms with Crippen LogP contribution < -0.4 is 5.56 Å². The van der Waals surface area contributed by atoms with E-state index in [0.29, 0.717) is 18.8 Å². The van der Waals surface area contributed by atoms with Gasteiger partial charge < -0.3 is 4.98 Å². The number of fused-ring (bicyclic) bond motifs is 1. The second-order valence-electron chi connectivity index (χ2n) is 7.32. The van der Waals surface area contributed by atoms with Crippen LogP contribution in [0.15, 0.2) is 41.3 Å². The Hall–Kier alpha value is -2.93. The van der Waals surface area contributed by atoms with E-state index in [1.807, 2.05) is 6.07 Å². The summed E-state index contributed by atoms with van der Waals surface area (Å²) in [6.45, 7) is 4.01. The Kier molecular flexibility index (Phi) is 5.49. The molecule has 2 aromatic heterocycles. The Balaban J connectivity index is 1.48. The van der Waals surface area contributed by atoms with Crippen LogP contribution in [-0.2, 0) is 25.9 Å². The van der Waals surface area contributed by atoms with Crippen molar-refractivity contribution in [3.05, 3.63) is 81.2 Å². The van der Waals surface area contributed by atoms with E-state index in [0.717, 1.165) is 66.7 Å². The van der Waals surface area contributed by atoms with Gasteiger partial charge in [0.1, 0.15) is 17.5 Å². The van der Waals surface area contributed by atoms with Crippen molar-refractivity contribution in [3.8, 4) is 11.3 Å². The summed E-state index contributed by atoms with van der Waals surface area (Å²) in [6.07, 6.45) is 4.12. The molecule has 1 aliphatic heterocycles. The minimum atomic E-state index is -0.506. The summed E-state index contributed by atoms with van der Waals surface area (Å²) in [5, 5.41) is 0. The van der Waals surface area contributed by atoms with Crippen LogP contribution in [0.2, 0.25) is 0 Å². The van der Waals surface area contributed by atoms with Crippen LogP contribution >= 0.6 is 0 Å². The minimum absolute atomic E-state index is 0.0572. The van der Waals surface area contributed by atoms with Gasteiger partial charge in [-0.05, 0) is 36.2 Å². The summed E-state index contributed by atoms with van der Waals surface area (Å²) in [5.74, 6) is -0.247. The lowest BCUT2D eigenvalue weighted by Gasteiger charge is -2.27. The van der Waals surface area contributed by atoms with Gasteiger partial charge in [0.15, 0.2) is 0 Å². The van der Waals surface area contributed by atoms with Gasteiger partial charge in [0, 0.05) is 44.2 Å². The number of nitrogens with one attached hydrogen (secondary N) is 1. The zero-order valence-electron chi connectivity index (χ0n) is 16.2. The van der Waals surface area contributed by atoms with E-state index in [9.17, 15) is 13.6 Å². The normalized spacial score (nSPS) is 14.0. The van der Waals surface area contributed by atoms with E-state index in [4.69, 9.17) is 0 Å². The van der Waals surface area contributed by atoms with E-state index in [-0.39, 0.29) is 11.1 Å². The van der Waals surface area contributed by atoms with Crippen LogP contribution in [0.5, 0.6) is 0 Å². The van der Waals surface area contributed by atoms with Gasteiger partial charge in [-0.15, -0.1) is 0 Å². The van der Waals surface area contributed by atoms with E-state index in [1.165, 1.54) is 0 Å². The molecule has 0 bridgehead atoms. The minimum Gasteiger partial charge on any atom is -0.310 e. The molecule has 0 saturated carbocycles. The lowest BCUT2D eigenvalue weighted by Crippen LogP contribution is -2.35. The largest absolute Gasteiger partial charge is 0.310 e. The Morgan fingerprint density at radius 3 is 2.83 bits per heavy atom. The van der Waals surface area contributed by atoms with Gasteiger partial charge >= 0.3 is 0 Å². The number of rotatable bonds is 5. The highest BCUT2D eigenvalue weighted by molar-refractivity contribution is 5.59. The molecule has 3 aromatic rings. The molecular weight excluding hydrogens is 374 g/mol. The number of pyridine rings is 1. The molecule has 0 saturated heterocycles. The third-order valence-corrected chi connectivity index (χ3v) is 5.12. The van der Waals surface area contributed by atoms with Crippen molar-refractivity contribution in [2.24, 2.45) is 0 Å². The first-order valence-electron chi connectivity index (χ1n) is 9.77. The number of aromatic amines is 1. The molecule has 1 aliphatic rings. The number of aryl methyl sites for hydroxylation is 1. The maximum Gasteiger partial charge on any atom is 0.255 e. The number of nitrogens with zero attached hydrogens (tertiary/aromatic N) is 3. The van der Waals surface area contributed by atoms with Crippen molar-refractivity contribution in [2.45, 2.75) is 39.3 Å². The monoisotopic (exact) mass is 396 g/mol. The molecule has 0 fully saturated rings. The number of H-pyrrole nitrogens is 1. The average Bonchev–Trinajstić information content (AvgIpc) is 2.71. The Bertz CT molecular complexity index is 1080. The van der Waals surface area contributed by atoms with Crippen molar-refractivity contribution >= 4 is 0 Å². The molecule has 0 unspecified atom stereocenters. The first-order valence-corrected chi connectivity index (χ1v) is 9.77. The third-order valence-electron chi connectivity index (χ3n) is 5.12. The number of halogens is 2. The molecule has 7 heteroatoms. The van der Waals surface area contributed by atoms with Gasteiger partial charge in [0.05, 0.1) is 17.0 Å². The van der Waals surface area contributed by atoms with Crippen molar-refractivity contribution in [2.75, 3.05) is 6.54 Å². The quantitative estimate of drug-likeness (QED) is 0.716. The maximum atomic E-state index is 13.9. The molecule has 1 aromatic carbocycles. The summed E-state index contributed by atoms with van der Waals surface area (Å²) < 4.78 is 27.3. The van der Waals surface area contributed by atoms with E-state index in [1.54, 1.807) is 12.3 Å². The fraction of sp³-hybridized carbons (Fsp3) is 0.318. The predicted molar refractivity (Wildman–Crippen MR) is 106 cm³/mol. The van der Waals surface area contributed by atoms with Gasteiger partial charge in [-0.3, -0.25) is 14.7 Å². The van der Waals surface area contributed by atoms with Crippen LogP contribution in [0.25, 0.3) is 11.3 Å². The van der Waals surface area contributed by atoms with Gasteiger partial charge in [0.25, 0.3) is 5.56 Å². The second kappa shape index (κ2) is 8.21.